The van der Waals surface area contributed by atoms with Gasteiger partial charge in [0, 0.05) is 36.0 Å². The number of benzene rings is 1. The van der Waals surface area contributed by atoms with E-state index in [9.17, 15) is 4.39 Å². The van der Waals surface area contributed by atoms with Crippen LogP contribution in [0.2, 0.25) is 5.02 Å². The lowest BCUT2D eigenvalue weighted by atomic mass is 9.98. The van der Waals surface area contributed by atoms with Crippen molar-refractivity contribution in [1.82, 2.24) is 19.7 Å². The largest absolute Gasteiger partial charge is 0.481 e. The van der Waals surface area contributed by atoms with Crippen LogP contribution in [0, 0.1) is 5.82 Å². The van der Waals surface area contributed by atoms with Crippen LogP contribution < -0.4 is 9.64 Å². The summed E-state index contributed by atoms with van der Waals surface area (Å²) in [6.07, 6.45) is 4.99. The molecule has 0 radical (unpaired) electrons. The second kappa shape index (κ2) is 7.30. The molecule has 0 bridgehead atoms. The first kappa shape index (κ1) is 18.4. The van der Waals surface area contributed by atoms with Gasteiger partial charge in [0.1, 0.15) is 11.6 Å². The third kappa shape index (κ3) is 3.44. The van der Waals surface area contributed by atoms with Gasteiger partial charge in [-0.3, -0.25) is 4.57 Å². The Morgan fingerprint density at radius 3 is 2.66 bits per heavy atom. The van der Waals surface area contributed by atoms with E-state index in [4.69, 9.17) is 16.3 Å². The second-order valence-electron chi connectivity index (χ2n) is 7.62. The standard InChI is InChI=1S/C21H21ClFN5O/c1-29-19-7-5-16(11-24-19)28-20(13-2-3-13)25-26-21(28)27-9-8-14(12-27)17-6-4-15(23)10-18(17)22/h4-7,10-11,13-14H,2-3,8-9,12H2,1H3. The van der Waals surface area contributed by atoms with Gasteiger partial charge in [0.05, 0.1) is 19.0 Å². The van der Waals surface area contributed by atoms with E-state index < -0.39 is 0 Å². The van der Waals surface area contributed by atoms with Crippen molar-refractivity contribution < 1.29 is 9.13 Å². The summed E-state index contributed by atoms with van der Waals surface area (Å²) in [5, 5.41) is 9.52. The Labute approximate surface area is 173 Å². The highest BCUT2D eigenvalue weighted by Gasteiger charge is 2.34. The summed E-state index contributed by atoms with van der Waals surface area (Å²) in [7, 11) is 1.60. The monoisotopic (exact) mass is 413 g/mol. The summed E-state index contributed by atoms with van der Waals surface area (Å²) >= 11 is 6.30. The molecule has 6 nitrogen and oxygen atoms in total. The predicted molar refractivity (Wildman–Crippen MR) is 109 cm³/mol. The smallest absolute Gasteiger partial charge is 0.231 e. The first-order valence-corrected chi connectivity index (χ1v) is 10.2. The minimum absolute atomic E-state index is 0.228. The third-order valence-corrected chi connectivity index (χ3v) is 6.00. The molecule has 3 aromatic rings. The highest BCUT2D eigenvalue weighted by atomic mass is 35.5. The van der Waals surface area contributed by atoms with Gasteiger partial charge in [-0.25, -0.2) is 9.37 Å². The van der Waals surface area contributed by atoms with Crippen molar-refractivity contribution in [3.63, 3.8) is 0 Å². The average Bonchev–Trinajstić information content (AvgIpc) is 3.29. The molecular formula is C21H21ClFN5O. The molecule has 1 saturated heterocycles. The Morgan fingerprint density at radius 1 is 1.10 bits per heavy atom. The van der Waals surface area contributed by atoms with E-state index in [0.29, 0.717) is 16.8 Å². The van der Waals surface area contributed by atoms with E-state index in [1.807, 2.05) is 12.1 Å². The van der Waals surface area contributed by atoms with Crippen molar-refractivity contribution in [2.45, 2.75) is 31.1 Å². The quantitative estimate of drug-likeness (QED) is 0.623. The lowest BCUT2D eigenvalue weighted by Gasteiger charge is -2.20. The van der Waals surface area contributed by atoms with E-state index in [1.165, 1.54) is 12.1 Å². The summed E-state index contributed by atoms with van der Waals surface area (Å²) < 4.78 is 20.7. The maximum Gasteiger partial charge on any atom is 0.231 e. The molecule has 1 aromatic carbocycles. The zero-order valence-electron chi connectivity index (χ0n) is 16.1. The molecule has 29 heavy (non-hydrogen) atoms. The van der Waals surface area contributed by atoms with Gasteiger partial charge >= 0.3 is 0 Å². The van der Waals surface area contributed by atoms with E-state index in [0.717, 1.165) is 55.4 Å². The van der Waals surface area contributed by atoms with Crippen molar-refractivity contribution >= 4 is 17.5 Å². The van der Waals surface area contributed by atoms with Gasteiger partial charge in [-0.1, -0.05) is 17.7 Å². The number of rotatable bonds is 5. The molecule has 150 valence electrons. The van der Waals surface area contributed by atoms with E-state index in [2.05, 4.69) is 24.6 Å². The van der Waals surface area contributed by atoms with Crippen LogP contribution in [0.1, 0.15) is 42.5 Å². The maximum absolute atomic E-state index is 13.4. The molecule has 2 aliphatic rings. The van der Waals surface area contributed by atoms with Crippen LogP contribution in [0.25, 0.3) is 5.69 Å². The third-order valence-electron chi connectivity index (χ3n) is 5.67. The number of hydrogen-bond acceptors (Lipinski definition) is 5. The molecule has 0 amide bonds. The van der Waals surface area contributed by atoms with Gasteiger partial charge in [0.25, 0.3) is 0 Å². The van der Waals surface area contributed by atoms with Crippen LogP contribution in [0.4, 0.5) is 10.3 Å². The molecule has 2 aromatic heterocycles. The van der Waals surface area contributed by atoms with Crippen molar-refractivity contribution in [2.75, 3.05) is 25.1 Å². The number of aromatic nitrogens is 4. The normalized spacial score (nSPS) is 19.0. The number of ether oxygens (including phenoxy) is 1. The Hall–Kier alpha value is -2.67. The summed E-state index contributed by atoms with van der Waals surface area (Å²) in [5.41, 5.74) is 1.91. The van der Waals surface area contributed by atoms with Crippen LogP contribution in [-0.2, 0) is 0 Å². The summed E-state index contributed by atoms with van der Waals surface area (Å²) in [5.74, 6) is 2.74. The fraction of sp³-hybridized carbons (Fsp3) is 0.381. The Morgan fingerprint density at radius 2 is 1.97 bits per heavy atom. The van der Waals surface area contributed by atoms with Crippen LogP contribution in [-0.4, -0.2) is 39.9 Å². The molecule has 1 atom stereocenters. The van der Waals surface area contributed by atoms with Gasteiger partial charge < -0.3 is 9.64 Å². The molecule has 5 rings (SSSR count). The molecule has 0 N–H and O–H groups in total. The maximum atomic E-state index is 13.4. The van der Waals surface area contributed by atoms with Crippen molar-refractivity contribution in [3.8, 4) is 11.6 Å². The molecule has 1 aliphatic carbocycles. The topological polar surface area (TPSA) is 56.1 Å². The fourth-order valence-corrected chi connectivity index (χ4v) is 4.32. The van der Waals surface area contributed by atoms with Crippen molar-refractivity contribution in [3.05, 3.63) is 58.8 Å². The second-order valence-corrected chi connectivity index (χ2v) is 8.03. The lowest BCUT2D eigenvalue weighted by molar-refractivity contribution is 0.398. The van der Waals surface area contributed by atoms with Crippen LogP contribution in [0.3, 0.4) is 0 Å². The van der Waals surface area contributed by atoms with Gasteiger partial charge in [-0.2, -0.15) is 0 Å². The van der Waals surface area contributed by atoms with Crippen LogP contribution >= 0.6 is 11.6 Å². The highest BCUT2D eigenvalue weighted by Crippen LogP contribution is 2.42. The first-order chi connectivity index (χ1) is 14.1. The average molecular weight is 414 g/mol. The molecule has 1 saturated carbocycles. The van der Waals surface area contributed by atoms with E-state index in [-0.39, 0.29) is 11.7 Å². The predicted octanol–water partition coefficient (Wildman–Crippen LogP) is 4.33. The van der Waals surface area contributed by atoms with Crippen molar-refractivity contribution in [1.29, 1.82) is 0 Å². The van der Waals surface area contributed by atoms with E-state index >= 15 is 0 Å². The molecule has 0 spiro atoms. The Kier molecular flexibility index (Phi) is 4.62. The number of anilines is 1. The minimum atomic E-state index is -0.311. The van der Waals surface area contributed by atoms with Gasteiger partial charge in [0.2, 0.25) is 11.8 Å². The molecule has 3 heterocycles. The minimum Gasteiger partial charge on any atom is -0.481 e. The lowest BCUT2D eigenvalue weighted by Crippen LogP contribution is -2.23. The fourth-order valence-electron chi connectivity index (χ4n) is 4.00. The van der Waals surface area contributed by atoms with E-state index in [1.54, 1.807) is 19.4 Å². The van der Waals surface area contributed by atoms with Gasteiger partial charge in [-0.15, -0.1) is 10.2 Å². The number of hydrogen-bond donors (Lipinski definition) is 0. The molecule has 2 fully saturated rings. The van der Waals surface area contributed by atoms with Crippen LogP contribution in [0.15, 0.2) is 36.5 Å². The first-order valence-electron chi connectivity index (χ1n) is 9.79. The molecule has 8 heteroatoms. The Bertz CT molecular complexity index is 1030. The number of halogens is 2. The molecular weight excluding hydrogens is 393 g/mol. The van der Waals surface area contributed by atoms with Gasteiger partial charge in [-0.05, 0) is 43.0 Å². The number of methoxy groups -OCH3 is 1. The zero-order valence-corrected chi connectivity index (χ0v) is 16.8. The summed E-state index contributed by atoms with van der Waals surface area (Å²) in [4.78, 5) is 6.58. The zero-order chi connectivity index (χ0) is 20.0. The van der Waals surface area contributed by atoms with Crippen molar-refractivity contribution in [2.24, 2.45) is 0 Å². The molecule has 1 unspecified atom stereocenters. The number of pyridine rings is 1. The summed E-state index contributed by atoms with van der Waals surface area (Å²) in [6.45, 7) is 1.60. The van der Waals surface area contributed by atoms with Crippen LogP contribution in [0.5, 0.6) is 5.88 Å². The summed E-state index contributed by atoms with van der Waals surface area (Å²) in [6, 6.07) is 8.48. The molecule has 1 aliphatic heterocycles. The van der Waals surface area contributed by atoms with Gasteiger partial charge in [0.15, 0.2) is 0 Å². The Balaban J connectivity index is 1.47. The number of nitrogens with zero attached hydrogens (tertiary/aromatic N) is 5. The highest BCUT2D eigenvalue weighted by molar-refractivity contribution is 6.31. The SMILES string of the molecule is COc1ccc(-n2c(C3CC3)nnc2N2CCC(c3ccc(F)cc3Cl)C2)cn1.